The SMILES string of the molecule is C[Si]1(CCCC(=O)O)C2=CC(=N)C=CC2=Nc2ccc(N)cc21. The predicted octanol–water partition coefficient (Wildman–Crippen LogP) is 2.56. The van der Waals surface area contributed by atoms with Crippen LogP contribution in [0.2, 0.25) is 12.6 Å². The first kappa shape index (κ1) is 15.4. The number of allylic oxidation sites excluding steroid dienone is 4. The number of aliphatic imine (C=N–C) groups is 1. The maximum Gasteiger partial charge on any atom is 0.303 e. The van der Waals surface area contributed by atoms with E-state index < -0.39 is 14.0 Å². The van der Waals surface area contributed by atoms with Crippen molar-refractivity contribution in [1.82, 2.24) is 0 Å². The Morgan fingerprint density at radius 3 is 2.91 bits per heavy atom. The number of nitrogens with one attached hydrogen (secondary N) is 1. The van der Waals surface area contributed by atoms with E-state index in [0.29, 0.717) is 17.8 Å². The van der Waals surface area contributed by atoms with Crippen molar-refractivity contribution in [3.8, 4) is 0 Å². The molecule has 0 fully saturated rings. The van der Waals surface area contributed by atoms with Crippen LogP contribution < -0.4 is 10.9 Å². The van der Waals surface area contributed by atoms with Crippen molar-refractivity contribution in [2.24, 2.45) is 4.99 Å². The van der Waals surface area contributed by atoms with Gasteiger partial charge in [-0.05, 0) is 59.3 Å². The fraction of sp³-hybridized carbons (Fsp3) is 0.235. The number of carbonyl (C=O) groups is 1. The number of anilines is 1. The number of nitrogen functional groups attached to an aromatic ring is 1. The van der Waals surface area contributed by atoms with Crippen molar-refractivity contribution in [2.75, 3.05) is 5.73 Å². The average Bonchev–Trinajstić information content (AvgIpc) is 2.49. The van der Waals surface area contributed by atoms with E-state index >= 15 is 0 Å². The molecule has 0 radical (unpaired) electrons. The summed E-state index contributed by atoms with van der Waals surface area (Å²) in [5.41, 5.74) is 8.97. The van der Waals surface area contributed by atoms with Gasteiger partial charge >= 0.3 is 5.97 Å². The molecule has 0 amide bonds. The highest BCUT2D eigenvalue weighted by Gasteiger charge is 2.41. The van der Waals surface area contributed by atoms with Crippen LogP contribution in [-0.4, -0.2) is 30.6 Å². The lowest BCUT2D eigenvalue weighted by molar-refractivity contribution is -0.137. The number of hydrogen-bond acceptors (Lipinski definition) is 4. The maximum absolute atomic E-state index is 10.9. The van der Waals surface area contributed by atoms with Gasteiger partial charge in [0.25, 0.3) is 0 Å². The molecule has 0 saturated heterocycles. The molecule has 23 heavy (non-hydrogen) atoms. The Bertz CT molecular complexity index is 795. The van der Waals surface area contributed by atoms with Crippen molar-refractivity contribution in [1.29, 1.82) is 5.41 Å². The number of hydrogen-bond donors (Lipinski definition) is 3. The van der Waals surface area contributed by atoms with Gasteiger partial charge in [0.15, 0.2) is 0 Å². The molecule has 0 bridgehead atoms. The Kier molecular flexibility index (Phi) is 3.77. The molecule has 0 spiro atoms. The zero-order valence-corrected chi connectivity index (χ0v) is 14.0. The van der Waals surface area contributed by atoms with Gasteiger partial charge in [0.2, 0.25) is 0 Å². The molecule has 4 N–H and O–H groups in total. The van der Waals surface area contributed by atoms with E-state index in [9.17, 15) is 4.79 Å². The standard InChI is InChI=1S/C17H19N3O2Si/c1-23(8-2-3-17(21)22)15-9-11(18)4-6-13(15)20-14-7-5-12(19)10-16(14)23/h4-7,9-10,18H,2-3,8,19H2,1H3,(H,21,22). The Morgan fingerprint density at radius 2 is 2.17 bits per heavy atom. The summed E-state index contributed by atoms with van der Waals surface area (Å²) in [6.45, 7) is 2.22. The second-order valence-corrected chi connectivity index (χ2v) is 10.4. The molecule has 0 saturated carbocycles. The topological polar surface area (TPSA) is 99.5 Å². The quantitative estimate of drug-likeness (QED) is 0.450. The number of nitrogens with zero attached hydrogens (tertiary/aromatic N) is 1. The van der Waals surface area contributed by atoms with E-state index in [-0.39, 0.29) is 6.42 Å². The molecule has 1 aromatic carbocycles. The number of aliphatic carboxylic acids is 1. The van der Waals surface area contributed by atoms with Crippen molar-refractivity contribution in [3.63, 3.8) is 0 Å². The van der Waals surface area contributed by atoms with Crippen LogP contribution in [0.15, 0.2) is 46.6 Å². The van der Waals surface area contributed by atoms with Gasteiger partial charge in [-0.2, -0.15) is 0 Å². The lowest BCUT2D eigenvalue weighted by Gasteiger charge is -2.36. The van der Waals surface area contributed by atoms with Crippen LogP contribution in [-0.2, 0) is 4.79 Å². The van der Waals surface area contributed by atoms with E-state index in [2.05, 4.69) is 6.55 Å². The first-order valence-corrected chi connectivity index (χ1v) is 10.3. The van der Waals surface area contributed by atoms with Crippen molar-refractivity contribution >= 4 is 42.0 Å². The van der Waals surface area contributed by atoms with Crippen LogP contribution in [0.4, 0.5) is 11.4 Å². The van der Waals surface area contributed by atoms with Crippen LogP contribution in [0.25, 0.3) is 0 Å². The number of carboxylic acids is 1. The van der Waals surface area contributed by atoms with Crippen LogP contribution in [0, 0.1) is 5.41 Å². The Hall–Kier alpha value is -2.47. The highest BCUT2D eigenvalue weighted by molar-refractivity contribution is 7.02. The summed E-state index contributed by atoms with van der Waals surface area (Å²) < 4.78 is 0. The summed E-state index contributed by atoms with van der Waals surface area (Å²) in [5.74, 6) is -0.773. The molecule has 6 heteroatoms. The third kappa shape index (κ3) is 2.77. The Morgan fingerprint density at radius 1 is 1.39 bits per heavy atom. The minimum atomic E-state index is -2.16. The van der Waals surface area contributed by atoms with Crippen molar-refractivity contribution in [2.45, 2.75) is 25.4 Å². The molecule has 1 aromatic rings. The molecule has 118 valence electrons. The van der Waals surface area contributed by atoms with E-state index in [0.717, 1.165) is 27.8 Å². The molecule has 2 aliphatic rings. The molecule has 1 aliphatic heterocycles. The second kappa shape index (κ2) is 5.62. The third-order valence-corrected chi connectivity index (χ3v) is 9.05. The zero-order chi connectivity index (χ0) is 16.6. The smallest absolute Gasteiger partial charge is 0.303 e. The molecule has 5 nitrogen and oxygen atoms in total. The van der Waals surface area contributed by atoms with Crippen LogP contribution >= 0.6 is 0 Å². The maximum atomic E-state index is 10.9. The molecule has 1 unspecified atom stereocenters. The highest BCUT2D eigenvalue weighted by atomic mass is 28.3. The monoisotopic (exact) mass is 325 g/mol. The lowest BCUT2D eigenvalue weighted by Crippen LogP contribution is -2.52. The molecular weight excluding hydrogens is 306 g/mol. The Balaban J connectivity index is 2.10. The molecule has 0 aromatic heterocycles. The first-order valence-electron chi connectivity index (χ1n) is 7.60. The van der Waals surface area contributed by atoms with Gasteiger partial charge in [-0.15, -0.1) is 0 Å². The fourth-order valence-electron chi connectivity index (χ4n) is 3.31. The van der Waals surface area contributed by atoms with E-state index in [1.54, 1.807) is 6.08 Å². The number of benzene rings is 1. The summed E-state index contributed by atoms with van der Waals surface area (Å²) in [5, 5.41) is 19.1. The second-order valence-electron chi connectivity index (χ2n) is 6.20. The van der Waals surface area contributed by atoms with Crippen LogP contribution in [0.5, 0.6) is 0 Å². The normalized spacial score (nSPS) is 22.0. The zero-order valence-electron chi connectivity index (χ0n) is 13.0. The van der Waals surface area contributed by atoms with Gasteiger partial charge in [0.1, 0.15) is 8.07 Å². The van der Waals surface area contributed by atoms with Crippen LogP contribution in [0.1, 0.15) is 12.8 Å². The number of fused-ring (bicyclic) bond motifs is 2. The summed E-state index contributed by atoms with van der Waals surface area (Å²) in [6.07, 6.45) is 6.30. The average molecular weight is 325 g/mol. The number of carboxylic acid groups (broad SMARTS) is 1. The molecule has 1 heterocycles. The molecule has 1 aliphatic carbocycles. The van der Waals surface area contributed by atoms with Gasteiger partial charge in [-0.3, -0.25) is 4.79 Å². The van der Waals surface area contributed by atoms with Gasteiger partial charge in [-0.25, -0.2) is 4.99 Å². The summed E-state index contributed by atoms with van der Waals surface area (Å²) in [4.78, 5) is 15.6. The summed E-state index contributed by atoms with van der Waals surface area (Å²) in [6, 6.07) is 6.57. The van der Waals surface area contributed by atoms with Crippen molar-refractivity contribution in [3.05, 3.63) is 41.6 Å². The Labute approximate surface area is 135 Å². The van der Waals surface area contributed by atoms with E-state index in [4.69, 9.17) is 21.2 Å². The predicted molar refractivity (Wildman–Crippen MR) is 95.8 cm³/mol. The van der Waals surface area contributed by atoms with Gasteiger partial charge in [0.05, 0.1) is 17.1 Å². The van der Waals surface area contributed by atoms with E-state index in [1.165, 1.54) is 0 Å². The summed E-state index contributed by atoms with van der Waals surface area (Å²) >= 11 is 0. The van der Waals surface area contributed by atoms with Crippen LogP contribution in [0.3, 0.4) is 0 Å². The minimum absolute atomic E-state index is 0.160. The minimum Gasteiger partial charge on any atom is -0.481 e. The van der Waals surface area contributed by atoms with Gasteiger partial charge in [0, 0.05) is 12.1 Å². The van der Waals surface area contributed by atoms with Gasteiger partial charge in [-0.1, -0.05) is 6.55 Å². The number of nitrogens with two attached hydrogens (primary N) is 1. The lowest BCUT2D eigenvalue weighted by atomic mass is 10.1. The van der Waals surface area contributed by atoms with Crippen molar-refractivity contribution < 1.29 is 9.90 Å². The van der Waals surface area contributed by atoms with E-state index in [1.807, 2.05) is 30.4 Å². The molecule has 1 atom stereocenters. The third-order valence-electron chi connectivity index (χ3n) is 4.51. The highest BCUT2D eigenvalue weighted by Crippen LogP contribution is 2.34. The fourth-order valence-corrected chi connectivity index (χ4v) is 7.39. The van der Waals surface area contributed by atoms with Gasteiger partial charge < -0.3 is 16.2 Å². The largest absolute Gasteiger partial charge is 0.481 e. The first-order chi connectivity index (χ1) is 10.9. The number of rotatable bonds is 4. The molecular formula is C17H19N3O2Si. The summed E-state index contributed by atoms with van der Waals surface area (Å²) in [7, 11) is -2.16. The molecule has 3 rings (SSSR count).